The van der Waals surface area contributed by atoms with Crippen molar-refractivity contribution in [1.82, 2.24) is 0 Å². The van der Waals surface area contributed by atoms with Crippen LogP contribution in [0.15, 0.2) is 30.3 Å². The summed E-state index contributed by atoms with van der Waals surface area (Å²) >= 11 is 0. The Balaban J connectivity index is 2.96. The smallest absolute Gasteiger partial charge is 0.405 e. The topological polar surface area (TPSA) is 105 Å². The Morgan fingerprint density at radius 3 is 2.21 bits per heavy atom. The second kappa shape index (κ2) is 6.08. The zero-order chi connectivity index (χ0) is 14.5. The number of rotatable bonds is 5. The molecule has 0 aliphatic carbocycles. The van der Waals surface area contributed by atoms with Gasteiger partial charge in [-0.2, -0.15) is 0 Å². The van der Waals surface area contributed by atoms with Gasteiger partial charge in [-0.1, -0.05) is 44.2 Å². The van der Waals surface area contributed by atoms with Gasteiger partial charge in [-0.15, -0.1) is 0 Å². The quantitative estimate of drug-likeness (QED) is 0.849. The average Bonchev–Trinajstić information content (AvgIpc) is 2.34. The first-order valence-electron chi connectivity index (χ1n) is 5.76. The Morgan fingerprint density at radius 2 is 1.74 bits per heavy atom. The van der Waals surface area contributed by atoms with E-state index in [4.69, 9.17) is 20.9 Å². The zero-order valence-corrected chi connectivity index (χ0v) is 11.0. The fraction of sp³-hybridized carbons (Fsp3) is 0.385. The number of hydrogen-bond donors (Lipinski definition) is 2. The van der Waals surface area contributed by atoms with Crippen LogP contribution < -0.4 is 11.5 Å². The fourth-order valence-corrected chi connectivity index (χ4v) is 1.76. The van der Waals surface area contributed by atoms with Crippen molar-refractivity contribution in [2.75, 3.05) is 6.61 Å². The molecule has 0 radical (unpaired) electrons. The summed E-state index contributed by atoms with van der Waals surface area (Å²) in [6.07, 6.45) is -2.40. The van der Waals surface area contributed by atoms with E-state index in [9.17, 15) is 9.59 Å². The van der Waals surface area contributed by atoms with Crippen LogP contribution in [-0.4, -0.2) is 18.8 Å². The predicted molar refractivity (Wildman–Crippen MR) is 69.2 cm³/mol. The number of carbonyl (C=O) groups is 2. The van der Waals surface area contributed by atoms with E-state index >= 15 is 0 Å². The van der Waals surface area contributed by atoms with Crippen LogP contribution in [-0.2, 0) is 9.47 Å². The second-order valence-electron chi connectivity index (χ2n) is 4.82. The molecule has 1 aromatic carbocycles. The van der Waals surface area contributed by atoms with Crippen LogP contribution in [0.1, 0.15) is 25.5 Å². The summed E-state index contributed by atoms with van der Waals surface area (Å²) in [5, 5.41) is 0. The third-order valence-corrected chi connectivity index (χ3v) is 2.63. The van der Waals surface area contributed by atoms with Gasteiger partial charge in [-0.25, -0.2) is 9.59 Å². The summed E-state index contributed by atoms with van der Waals surface area (Å²) in [5.41, 5.74) is 10.1. The predicted octanol–water partition coefficient (Wildman–Crippen LogP) is 1.94. The van der Waals surface area contributed by atoms with E-state index in [0.717, 1.165) is 5.56 Å². The van der Waals surface area contributed by atoms with E-state index in [0.29, 0.717) is 0 Å². The van der Waals surface area contributed by atoms with Crippen molar-refractivity contribution in [1.29, 1.82) is 0 Å². The van der Waals surface area contributed by atoms with Crippen molar-refractivity contribution in [3.05, 3.63) is 35.9 Å². The molecule has 19 heavy (non-hydrogen) atoms. The number of nitrogens with two attached hydrogens (primary N) is 2. The first-order chi connectivity index (χ1) is 8.83. The lowest BCUT2D eigenvalue weighted by Gasteiger charge is -2.32. The number of benzene rings is 1. The normalized spacial score (nSPS) is 12.5. The molecule has 1 aromatic rings. The lowest BCUT2D eigenvalue weighted by atomic mass is 9.83. The maximum absolute atomic E-state index is 11.0. The van der Waals surface area contributed by atoms with Gasteiger partial charge >= 0.3 is 12.2 Å². The molecule has 6 nitrogen and oxygen atoms in total. The number of carbonyl (C=O) groups excluding carboxylic acids is 2. The molecule has 4 N–H and O–H groups in total. The van der Waals surface area contributed by atoms with Crippen molar-refractivity contribution < 1.29 is 19.1 Å². The molecule has 1 rings (SSSR count). The SMILES string of the molecule is CC(C)(COC(N)=O)[C@@H](OC(N)=O)c1ccccc1. The number of primary amides is 2. The molecule has 0 spiro atoms. The van der Waals surface area contributed by atoms with E-state index < -0.39 is 23.7 Å². The van der Waals surface area contributed by atoms with Crippen LogP contribution in [0.3, 0.4) is 0 Å². The van der Waals surface area contributed by atoms with Gasteiger partial charge in [0.2, 0.25) is 0 Å². The molecule has 0 aliphatic heterocycles. The van der Waals surface area contributed by atoms with Gasteiger partial charge < -0.3 is 20.9 Å². The van der Waals surface area contributed by atoms with Gasteiger partial charge in [0.15, 0.2) is 0 Å². The van der Waals surface area contributed by atoms with Gasteiger partial charge in [0.1, 0.15) is 12.7 Å². The Hall–Kier alpha value is -2.24. The van der Waals surface area contributed by atoms with E-state index in [2.05, 4.69) is 0 Å². The van der Waals surface area contributed by atoms with E-state index in [1.165, 1.54) is 0 Å². The summed E-state index contributed by atoms with van der Waals surface area (Å²) in [6, 6.07) is 9.09. The van der Waals surface area contributed by atoms with Crippen LogP contribution in [0.2, 0.25) is 0 Å². The highest BCUT2D eigenvalue weighted by atomic mass is 16.6. The van der Waals surface area contributed by atoms with Crippen LogP contribution in [0, 0.1) is 5.41 Å². The van der Waals surface area contributed by atoms with Gasteiger partial charge in [0, 0.05) is 5.41 Å². The number of hydrogen-bond acceptors (Lipinski definition) is 4. The van der Waals surface area contributed by atoms with Crippen LogP contribution >= 0.6 is 0 Å². The molecule has 0 bridgehead atoms. The highest BCUT2D eigenvalue weighted by molar-refractivity contribution is 5.65. The largest absolute Gasteiger partial charge is 0.449 e. The standard InChI is InChI=1S/C13H18N2O4/c1-13(2,8-18-11(14)16)10(19-12(15)17)9-6-4-3-5-7-9/h3-7,10H,8H2,1-2H3,(H2,14,16)(H2,15,17)/t10-/m0/s1. The van der Waals surface area contributed by atoms with Crippen molar-refractivity contribution in [3.8, 4) is 0 Å². The van der Waals surface area contributed by atoms with Crippen LogP contribution in [0.25, 0.3) is 0 Å². The first-order valence-corrected chi connectivity index (χ1v) is 5.76. The molecule has 0 aromatic heterocycles. The van der Waals surface area contributed by atoms with Gasteiger partial charge in [-0.3, -0.25) is 0 Å². The van der Waals surface area contributed by atoms with E-state index in [-0.39, 0.29) is 6.61 Å². The van der Waals surface area contributed by atoms with E-state index in [1.807, 2.05) is 18.2 Å². The molecule has 0 heterocycles. The van der Waals surface area contributed by atoms with Crippen molar-refractivity contribution in [3.63, 3.8) is 0 Å². The minimum Gasteiger partial charge on any atom is -0.449 e. The molecule has 1 atom stereocenters. The van der Waals surface area contributed by atoms with Crippen molar-refractivity contribution in [2.24, 2.45) is 16.9 Å². The van der Waals surface area contributed by atoms with Gasteiger partial charge in [-0.05, 0) is 5.56 Å². The van der Waals surface area contributed by atoms with Crippen molar-refractivity contribution >= 4 is 12.2 Å². The molecule has 0 saturated carbocycles. The first kappa shape index (κ1) is 14.8. The van der Waals surface area contributed by atoms with Gasteiger partial charge in [0.05, 0.1) is 0 Å². The minimum absolute atomic E-state index is 0.00910. The third-order valence-electron chi connectivity index (χ3n) is 2.63. The van der Waals surface area contributed by atoms with Crippen LogP contribution in [0.5, 0.6) is 0 Å². The summed E-state index contributed by atoms with van der Waals surface area (Å²) in [7, 11) is 0. The minimum atomic E-state index is -0.888. The molecule has 2 amide bonds. The molecule has 0 fully saturated rings. The Labute approximate surface area is 111 Å². The molecule has 0 aliphatic rings. The summed E-state index contributed by atoms with van der Waals surface area (Å²) in [6.45, 7) is 3.59. The Morgan fingerprint density at radius 1 is 1.16 bits per heavy atom. The molecule has 6 heteroatoms. The molecule has 0 saturated heterocycles. The van der Waals surface area contributed by atoms with Crippen molar-refractivity contribution in [2.45, 2.75) is 20.0 Å². The zero-order valence-electron chi connectivity index (χ0n) is 11.0. The molecule has 0 unspecified atom stereocenters. The molecular weight excluding hydrogens is 248 g/mol. The summed E-state index contributed by atoms with van der Waals surface area (Å²) < 4.78 is 9.94. The second-order valence-corrected chi connectivity index (χ2v) is 4.82. The highest BCUT2D eigenvalue weighted by Crippen LogP contribution is 2.36. The van der Waals surface area contributed by atoms with Gasteiger partial charge in [0.25, 0.3) is 0 Å². The Kier molecular flexibility index (Phi) is 4.74. The summed E-state index contributed by atoms with van der Waals surface area (Å²) in [5.74, 6) is 0. The van der Waals surface area contributed by atoms with Crippen LogP contribution in [0.4, 0.5) is 9.59 Å². The highest BCUT2D eigenvalue weighted by Gasteiger charge is 2.35. The fourth-order valence-electron chi connectivity index (χ4n) is 1.76. The maximum Gasteiger partial charge on any atom is 0.405 e. The monoisotopic (exact) mass is 266 g/mol. The third kappa shape index (κ3) is 4.50. The maximum atomic E-state index is 11.0. The number of ether oxygens (including phenoxy) is 2. The summed E-state index contributed by atoms with van der Waals surface area (Å²) in [4.78, 5) is 21.7. The van der Waals surface area contributed by atoms with E-state index in [1.54, 1.807) is 26.0 Å². The molecular formula is C13H18N2O4. The average molecular weight is 266 g/mol. The number of amides is 2. The molecule has 104 valence electrons. The Bertz CT molecular complexity index is 445. The lowest BCUT2D eigenvalue weighted by Crippen LogP contribution is -2.34. The lowest BCUT2D eigenvalue weighted by molar-refractivity contribution is -0.0101.